The number of rotatable bonds is 2. The predicted molar refractivity (Wildman–Crippen MR) is 51.2 cm³/mol. The Morgan fingerprint density at radius 1 is 1.38 bits per heavy atom. The summed E-state index contributed by atoms with van der Waals surface area (Å²) in [7, 11) is 0. The first-order valence-corrected chi connectivity index (χ1v) is 4.67. The van der Waals surface area contributed by atoms with Crippen molar-refractivity contribution >= 4 is 5.91 Å². The number of benzene rings is 1. The van der Waals surface area contributed by atoms with Gasteiger partial charge in [-0.25, -0.2) is 0 Å². The van der Waals surface area contributed by atoms with Crippen molar-refractivity contribution < 1.29 is 4.79 Å². The van der Waals surface area contributed by atoms with Gasteiger partial charge in [-0.05, 0) is 12.5 Å². The molecule has 0 N–H and O–H groups in total. The van der Waals surface area contributed by atoms with E-state index in [-0.39, 0.29) is 5.91 Å². The average molecular weight is 175 g/mol. The average Bonchev–Trinajstić information content (AvgIpc) is 2.16. The number of carbonyl (C=O) groups excluding carboxylic acids is 1. The second kappa shape index (κ2) is 3.21. The Labute approximate surface area is 78.2 Å². The lowest BCUT2D eigenvalue weighted by atomic mass is 9.94. The zero-order valence-electron chi connectivity index (χ0n) is 7.73. The quantitative estimate of drug-likeness (QED) is 0.629. The summed E-state index contributed by atoms with van der Waals surface area (Å²) < 4.78 is 0. The fraction of sp³-hybridized carbons (Fsp3) is 0.364. The second-order valence-corrected chi connectivity index (χ2v) is 3.31. The van der Waals surface area contributed by atoms with Crippen LogP contribution in [0.1, 0.15) is 24.9 Å². The molecule has 2 rings (SSSR count). The third-order valence-electron chi connectivity index (χ3n) is 2.59. The van der Waals surface area contributed by atoms with E-state index in [4.69, 9.17) is 0 Å². The maximum absolute atomic E-state index is 11.2. The molecule has 1 fully saturated rings. The summed E-state index contributed by atoms with van der Waals surface area (Å²) in [6, 6.07) is 10.5. The van der Waals surface area contributed by atoms with Crippen LogP contribution in [0.15, 0.2) is 30.3 Å². The molecule has 1 amide bonds. The molecule has 1 aliphatic heterocycles. The third kappa shape index (κ3) is 1.32. The second-order valence-electron chi connectivity index (χ2n) is 3.31. The van der Waals surface area contributed by atoms with Crippen molar-refractivity contribution in [3.05, 3.63) is 35.9 Å². The van der Waals surface area contributed by atoms with Crippen molar-refractivity contribution in [3.63, 3.8) is 0 Å². The summed E-state index contributed by atoms with van der Waals surface area (Å²) in [6.45, 7) is 2.84. The molecule has 1 aliphatic rings. The maximum atomic E-state index is 11.2. The highest BCUT2D eigenvalue weighted by molar-refractivity contribution is 5.83. The molecule has 13 heavy (non-hydrogen) atoms. The van der Waals surface area contributed by atoms with E-state index in [1.807, 2.05) is 30.0 Å². The lowest BCUT2D eigenvalue weighted by Gasteiger charge is -2.40. The molecule has 0 aromatic heterocycles. The number of nitrogens with zero attached hydrogens (tertiary/aromatic N) is 1. The summed E-state index contributed by atoms with van der Waals surface area (Å²) >= 11 is 0. The van der Waals surface area contributed by atoms with Gasteiger partial charge in [0, 0.05) is 6.54 Å². The molecule has 1 aromatic rings. The fourth-order valence-electron chi connectivity index (χ4n) is 1.82. The summed E-state index contributed by atoms with van der Waals surface area (Å²) in [6.07, 6.45) is 0.678. The van der Waals surface area contributed by atoms with Crippen molar-refractivity contribution in [2.24, 2.45) is 0 Å². The van der Waals surface area contributed by atoms with Crippen LogP contribution >= 0.6 is 0 Å². The number of likely N-dealkylation sites (tertiary alicyclic amines) is 1. The first kappa shape index (κ1) is 8.30. The van der Waals surface area contributed by atoms with Crippen LogP contribution in [0.3, 0.4) is 0 Å². The van der Waals surface area contributed by atoms with E-state index in [9.17, 15) is 4.79 Å². The summed E-state index contributed by atoms with van der Waals surface area (Å²) in [5, 5.41) is 0. The van der Waals surface area contributed by atoms with Gasteiger partial charge in [0.2, 0.25) is 5.91 Å². The van der Waals surface area contributed by atoms with Crippen LogP contribution in [0, 0.1) is 0 Å². The van der Waals surface area contributed by atoms with E-state index in [0.717, 1.165) is 6.54 Å². The van der Waals surface area contributed by atoms with Crippen molar-refractivity contribution in [1.82, 2.24) is 4.90 Å². The molecule has 0 bridgehead atoms. The normalized spacial score (nSPS) is 21.5. The van der Waals surface area contributed by atoms with Gasteiger partial charge in [0.15, 0.2) is 0 Å². The third-order valence-corrected chi connectivity index (χ3v) is 2.59. The lowest BCUT2D eigenvalue weighted by molar-refractivity contribution is -0.145. The van der Waals surface area contributed by atoms with Crippen LogP contribution in [-0.4, -0.2) is 17.4 Å². The zero-order valence-corrected chi connectivity index (χ0v) is 7.73. The largest absolute Gasteiger partial charge is 0.335 e. The van der Waals surface area contributed by atoms with Crippen LogP contribution in [0.4, 0.5) is 0 Å². The Morgan fingerprint density at radius 3 is 2.62 bits per heavy atom. The topological polar surface area (TPSA) is 20.3 Å². The molecule has 0 saturated carbocycles. The Hall–Kier alpha value is -1.31. The highest BCUT2D eigenvalue weighted by Gasteiger charge is 2.35. The van der Waals surface area contributed by atoms with Gasteiger partial charge in [0.1, 0.15) is 0 Å². The minimum absolute atomic E-state index is 0.274. The molecular weight excluding hydrogens is 162 g/mol. The molecule has 0 aliphatic carbocycles. The van der Waals surface area contributed by atoms with Crippen LogP contribution < -0.4 is 0 Å². The standard InChI is InChI=1S/C11H13NO/c1-2-12-10(8-11(12)13)9-6-4-3-5-7-9/h3-7,10H,2,8H2,1H3/t10-/m0/s1. The highest BCUT2D eigenvalue weighted by Crippen LogP contribution is 2.33. The fourth-order valence-corrected chi connectivity index (χ4v) is 1.82. The predicted octanol–water partition coefficient (Wildman–Crippen LogP) is 1.98. The molecule has 1 saturated heterocycles. The van der Waals surface area contributed by atoms with Crippen molar-refractivity contribution in [2.75, 3.05) is 6.54 Å². The van der Waals surface area contributed by atoms with Gasteiger partial charge in [-0.1, -0.05) is 30.3 Å². The number of β-lactam (4-membered cyclic amide) rings is 1. The molecule has 1 heterocycles. The molecule has 2 heteroatoms. The number of amides is 1. The van der Waals surface area contributed by atoms with Crippen LogP contribution in [0.2, 0.25) is 0 Å². The monoisotopic (exact) mass is 175 g/mol. The van der Waals surface area contributed by atoms with Crippen molar-refractivity contribution in [2.45, 2.75) is 19.4 Å². The number of carbonyl (C=O) groups is 1. The van der Waals surface area contributed by atoms with Gasteiger partial charge in [-0.3, -0.25) is 4.79 Å². The van der Waals surface area contributed by atoms with Crippen LogP contribution in [0.25, 0.3) is 0 Å². The van der Waals surface area contributed by atoms with E-state index in [0.29, 0.717) is 12.5 Å². The first-order chi connectivity index (χ1) is 6.33. The van der Waals surface area contributed by atoms with E-state index in [2.05, 4.69) is 12.1 Å². The molecule has 0 spiro atoms. The Morgan fingerprint density at radius 2 is 2.08 bits per heavy atom. The SMILES string of the molecule is CCN1C(=O)C[C@H]1c1ccccc1. The summed E-state index contributed by atoms with van der Waals surface area (Å²) in [5.41, 5.74) is 1.25. The lowest BCUT2D eigenvalue weighted by Crippen LogP contribution is -2.45. The van der Waals surface area contributed by atoms with Crippen LogP contribution in [-0.2, 0) is 4.79 Å². The smallest absolute Gasteiger partial charge is 0.225 e. The molecule has 0 radical (unpaired) electrons. The minimum Gasteiger partial charge on any atom is -0.335 e. The van der Waals surface area contributed by atoms with E-state index in [1.54, 1.807) is 0 Å². The molecule has 1 aromatic carbocycles. The van der Waals surface area contributed by atoms with Crippen LogP contribution in [0.5, 0.6) is 0 Å². The number of hydrogen-bond donors (Lipinski definition) is 0. The van der Waals surface area contributed by atoms with Gasteiger partial charge < -0.3 is 4.90 Å². The Bertz CT molecular complexity index is 307. The van der Waals surface area contributed by atoms with Crippen molar-refractivity contribution in [3.8, 4) is 0 Å². The van der Waals surface area contributed by atoms with Gasteiger partial charge in [-0.2, -0.15) is 0 Å². The van der Waals surface area contributed by atoms with E-state index < -0.39 is 0 Å². The molecule has 0 unspecified atom stereocenters. The van der Waals surface area contributed by atoms with Crippen molar-refractivity contribution in [1.29, 1.82) is 0 Å². The van der Waals surface area contributed by atoms with Gasteiger partial charge in [-0.15, -0.1) is 0 Å². The molecule has 1 atom stereocenters. The van der Waals surface area contributed by atoms with Gasteiger partial charge in [0.25, 0.3) is 0 Å². The van der Waals surface area contributed by atoms with Gasteiger partial charge in [0.05, 0.1) is 12.5 Å². The molecule has 2 nitrogen and oxygen atoms in total. The number of hydrogen-bond acceptors (Lipinski definition) is 1. The van der Waals surface area contributed by atoms with E-state index in [1.165, 1.54) is 5.56 Å². The van der Waals surface area contributed by atoms with E-state index >= 15 is 0 Å². The summed E-state index contributed by atoms with van der Waals surface area (Å²) in [4.78, 5) is 13.1. The first-order valence-electron chi connectivity index (χ1n) is 4.67. The zero-order chi connectivity index (χ0) is 9.26. The van der Waals surface area contributed by atoms with Gasteiger partial charge >= 0.3 is 0 Å². The Kier molecular flexibility index (Phi) is 2.05. The molecule has 68 valence electrons. The molecular formula is C11H13NO. The Balaban J connectivity index is 2.16. The maximum Gasteiger partial charge on any atom is 0.225 e. The minimum atomic E-state index is 0.274. The highest BCUT2D eigenvalue weighted by atomic mass is 16.2. The summed E-state index contributed by atoms with van der Waals surface area (Å²) in [5.74, 6) is 0.274.